The monoisotopic (exact) mass is 409 g/mol. The molecule has 0 unspecified atom stereocenters. The molecular weight excluding hydrogens is 388 g/mol. The minimum atomic E-state index is -3.73. The molecule has 0 spiro atoms. The summed E-state index contributed by atoms with van der Waals surface area (Å²) in [7, 11) is -3.73. The van der Waals surface area contributed by atoms with E-state index in [-0.39, 0.29) is 23.5 Å². The van der Waals surface area contributed by atoms with E-state index in [1.54, 1.807) is 42.5 Å². The summed E-state index contributed by atoms with van der Waals surface area (Å²) < 4.78 is 27.9. The number of benzene rings is 3. The lowest BCUT2D eigenvalue weighted by molar-refractivity contribution is 0.0970. The number of aryl methyl sites for hydroxylation is 1. The molecule has 0 aliphatic rings. The molecule has 150 valence electrons. The van der Waals surface area contributed by atoms with Crippen LogP contribution in [-0.2, 0) is 23.1 Å². The van der Waals surface area contributed by atoms with E-state index >= 15 is 0 Å². The molecular formula is C22H21N2O4S-. The molecule has 0 aromatic heterocycles. The van der Waals surface area contributed by atoms with Crippen molar-refractivity contribution in [1.29, 1.82) is 0 Å². The quantitative estimate of drug-likeness (QED) is 0.604. The first-order chi connectivity index (χ1) is 13.9. The van der Waals surface area contributed by atoms with Gasteiger partial charge in [0.25, 0.3) is 0 Å². The Bertz CT molecular complexity index is 1060. The Hall–Kier alpha value is -3.00. The molecule has 3 rings (SSSR count). The van der Waals surface area contributed by atoms with E-state index in [2.05, 4.69) is 0 Å². The topological polar surface area (TPSA) is 89.5 Å². The van der Waals surface area contributed by atoms with E-state index < -0.39 is 15.9 Å². The number of hydrogen-bond donors (Lipinski definition) is 1. The third kappa shape index (κ3) is 5.08. The first kappa shape index (κ1) is 20.7. The summed E-state index contributed by atoms with van der Waals surface area (Å²) >= 11 is 0. The third-order valence-corrected chi connectivity index (χ3v) is 6.33. The summed E-state index contributed by atoms with van der Waals surface area (Å²) in [5.41, 5.74) is 4.23. The second kappa shape index (κ2) is 9.00. The second-order valence-electron chi connectivity index (χ2n) is 6.70. The number of hydrogen-bond acceptors (Lipinski definition) is 4. The van der Waals surface area contributed by atoms with E-state index in [9.17, 15) is 18.4 Å². The maximum absolute atomic E-state index is 13.2. The second-order valence-corrected chi connectivity index (χ2v) is 8.64. The summed E-state index contributed by atoms with van der Waals surface area (Å²) in [6, 6.07) is 22.3. The third-order valence-electron chi connectivity index (χ3n) is 4.53. The lowest BCUT2D eigenvalue weighted by Crippen LogP contribution is -2.30. The first-order valence-electron chi connectivity index (χ1n) is 9.02. The molecule has 0 saturated carbocycles. The predicted octanol–water partition coefficient (Wildman–Crippen LogP) is 3.61. The van der Waals surface area contributed by atoms with Crippen molar-refractivity contribution in [3.63, 3.8) is 0 Å². The number of sulfonamides is 1. The fraction of sp³-hybridized carbons (Fsp3) is 0.136. The number of rotatable bonds is 7. The van der Waals surface area contributed by atoms with Crippen LogP contribution in [-0.4, -0.2) is 18.6 Å². The molecule has 1 amide bonds. The minimum Gasteiger partial charge on any atom is -0.759 e. The summed E-state index contributed by atoms with van der Waals surface area (Å²) in [6.07, 6.45) is 0. The molecule has 0 aliphatic heterocycles. The van der Waals surface area contributed by atoms with Crippen LogP contribution in [0.1, 0.15) is 27.0 Å². The van der Waals surface area contributed by atoms with Crippen molar-refractivity contribution in [3.05, 3.63) is 106 Å². The van der Waals surface area contributed by atoms with Gasteiger partial charge in [-0.15, -0.1) is 0 Å². The van der Waals surface area contributed by atoms with Crippen LogP contribution in [0.5, 0.6) is 0 Å². The van der Waals surface area contributed by atoms with Gasteiger partial charge in [-0.1, -0.05) is 60.2 Å². The highest BCUT2D eigenvalue weighted by atomic mass is 32.2. The average Bonchev–Trinajstić information content (AvgIpc) is 2.75. The maximum atomic E-state index is 13.2. The van der Waals surface area contributed by atoms with Crippen molar-refractivity contribution in [2.24, 2.45) is 0 Å². The first-order valence-corrected chi connectivity index (χ1v) is 10.5. The minimum absolute atomic E-state index is 0.129. The average molecular weight is 409 g/mol. The molecule has 0 saturated heterocycles. The number of carbonyl (C=O) groups is 1. The summed E-state index contributed by atoms with van der Waals surface area (Å²) in [4.78, 5) is 11.6. The molecule has 1 N–H and O–H groups in total. The van der Waals surface area contributed by atoms with Crippen molar-refractivity contribution in [3.8, 4) is 0 Å². The van der Waals surface area contributed by atoms with Crippen molar-refractivity contribution in [2.45, 2.75) is 24.9 Å². The fourth-order valence-corrected chi connectivity index (χ4v) is 4.33. The number of nitrogens with one attached hydrogen (secondary N) is 1. The van der Waals surface area contributed by atoms with E-state index in [1.165, 1.54) is 21.9 Å². The summed E-state index contributed by atoms with van der Waals surface area (Å²) in [5, 5.41) is 10.5. The number of nitrogens with zero attached hydrogens (tertiary/aromatic N) is 1. The van der Waals surface area contributed by atoms with E-state index in [0.717, 1.165) is 11.1 Å². The molecule has 0 bridgehead atoms. The molecule has 0 radical (unpaired) electrons. The Morgan fingerprint density at radius 2 is 1.38 bits per heavy atom. The van der Waals surface area contributed by atoms with Crippen LogP contribution in [0.15, 0.2) is 83.8 Å². The van der Waals surface area contributed by atoms with Crippen LogP contribution in [0.25, 0.3) is 0 Å². The Morgan fingerprint density at radius 3 is 1.90 bits per heavy atom. The highest BCUT2D eigenvalue weighted by Crippen LogP contribution is 2.21. The summed E-state index contributed by atoms with van der Waals surface area (Å²) in [5.74, 6) is -0.732. The lowest BCUT2D eigenvalue weighted by Gasteiger charge is -2.23. The fourth-order valence-electron chi connectivity index (χ4n) is 2.89. The normalized spacial score (nSPS) is 11.4. The predicted molar refractivity (Wildman–Crippen MR) is 111 cm³/mol. The van der Waals surface area contributed by atoms with Gasteiger partial charge in [0.15, 0.2) is 0 Å². The van der Waals surface area contributed by atoms with Gasteiger partial charge in [0.1, 0.15) is 0 Å². The molecule has 29 heavy (non-hydrogen) atoms. The maximum Gasteiger partial charge on any atom is 0.243 e. The Morgan fingerprint density at radius 1 is 0.862 bits per heavy atom. The highest BCUT2D eigenvalue weighted by molar-refractivity contribution is 7.89. The van der Waals surface area contributed by atoms with E-state index in [4.69, 9.17) is 0 Å². The molecule has 3 aromatic carbocycles. The number of hydroxylamine groups is 1. The van der Waals surface area contributed by atoms with Gasteiger partial charge in [0, 0.05) is 18.7 Å². The van der Waals surface area contributed by atoms with Gasteiger partial charge >= 0.3 is 0 Å². The van der Waals surface area contributed by atoms with Crippen LogP contribution in [0, 0.1) is 12.1 Å². The molecule has 0 atom stereocenters. The zero-order chi connectivity index (χ0) is 20.9. The zero-order valence-corrected chi connectivity index (χ0v) is 16.7. The number of amides is 1. The van der Waals surface area contributed by atoms with Crippen molar-refractivity contribution < 1.29 is 13.2 Å². The van der Waals surface area contributed by atoms with E-state index in [0.29, 0.717) is 5.56 Å². The van der Waals surface area contributed by atoms with Crippen molar-refractivity contribution >= 4 is 15.9 Å². The van der Waals surface area contributed by atoms with Crippen molar-refractivity contribution in [2.75, 3.05) is 0 Å². The largest absolute Gasteiger partial charge is 0.759 e. The van der Waals surface area contributed by atoms with Crippen LogP contribution >= 0.6 is 0 Å². The zero-order valence-electron chi connectivity index (χ0n) is 15.9. The smallest absolute Gasteiger partial charge is 0.243 e. The Labute approximate surface area is 170 Å². The van der Waals surface area contributed by atoms with Gasteiger partial charge < -0.3 is 10.7 Å². The lowest BCUT2D eigenvalue weighted by atomic mass is 10.1. The van der Waals surface area contributed by atoms with Gasteiger partial charge in [-0.05, 0) is 42.3 Å². The molecule has 0 fully saturated rings. The van der Waals surface area contributed by atoms with Crippen LogP contribution in [0.2, 0.25) is 0 Å². The Balaban J connectivity index is 1.92. The van der Waals surface area contributed by atoms with Crippen molar-refractivity contribution in [1.82, 2.24) is 9.79 Å². The van der Waals surface area contributed by atoms with Gasteiger partial charge in [0.2, 0.25) is 15.9 Å². The van der Waals surface area contributed by atoms with Gasteiger partial charge in [-0.25, -0.2) is 8.42 Å². The number of carbonyl (C=O) groups excluding carboxylic acids is 1. The van der Waals surface area contributed by atoms with E-state index in [1.807, 2.05) is 31.2 Å². The summed E-state index contributed by atoms with van der Waals surface area (Å²) in [6.45, 7) is 2.31. The molecule has 0 aliphatic carbocycles. The highest BCUT2D eigenvalue weighted by Gasteiger charge is 2.24. The van der Waals surface area contributed by atoms with Gasteiger partial charge in [0.05, 0.1) is 4.90 Å². The molecule has 3 aromatic rings. The van der Waals surface area contributed by atoms with Gasteiger partial charge in [-0.3, -0.25) is 4.79 Å². The molecule has 6 nitrogen and oxygen atoms in total. The van der Waals surface area contributed by atoms with Crippen LogP contribution in [0.4, 0.5) is 0 Å². The molecule has 0 heterocycles. The molecule has 7 heteroatoms. The Kier molecular flexibility index (Phi) is 6.43. The SMILES string of the molecule is Cc1ccc(CN(Cc2ccc(C(=O)N[O-])cc2)S(=O)(=O)c2ccccc2)cc1. The van der Waals surface area contributed by atoms with Crippen LogP contribution < -0.4 is 5.48 Å². The standard InChI is InChI=1S/C22H21N2O4S/c1-17-7-9-18(10-8-17)15-24(29(27,28)21-5-3-2-4-6-21)16-19-11-13-20(14-12-19)22(25)23-26/h2-14H,15-16H2,1H3,(H-,23,25,26)/q-1. The van der Waals surface area contributed by atoms with Crippen LogP contribution in [0.3, 0.4) is 0 Å². The van der Waals surface area contributed by atoms with Gasteiger partial charge in [-0.2, -0.15) is 4.31 Å².